The third-order valence-corrected chi connectivity index (χ3v) is 2.35. The van der Waals surface area contributed by atoms with Gasteiger partial charge in [-0.05, 0) is 30.7 Å². The Bertz CT molecular complexity index is 568. The van der Waals surface area contributed by atoms with Crippen LogP contribution in [0, 0.1) is 6.92 Å². The van der Waals surface area contributed by atoms with E-state index in [1.165, 1.54) is 6.92 Å². The number of nitrogens with zero attached hydrogens (tertiary/aromatic N) is 2. The molecule has 2 rings (SSSR count). The molecule has 2 aromatic rings. The quantitative estimate of drug-likeness (QED) is 0.773. The molecule has 0 bridgehead atoms. The summed E-state index contributed by atoms with van der Waals surface area (Å²) in [6.07, 6.45) is 0. The number of carbonyl (C=O) groups excluding carboxylic acids is 1. The minimum atomic E-state index is -0.161. The van der Waals surface area contributed by atoms with Gasteiger partial charge in [-0.1, -0.05) is 11.6 Å². The summed E-state index contributed by atoms with van der Waals surface area (Å²) in [6.45, 7) is 3.37. The van der Waals surface area contributed by atoms with Crippen molar-refractivity contribution >= 4 is 34.4 Å². The topological polar surface area (TPSA) is 54.9 Å². The van der Waals surface area contributed by atoms with Crippen LogP contribution >= 0.6 is 11.6 Å². The molecule has 0 saturated heterocycles. The van der Waals surface area contributed by atoms with Crippen molar-refractivity contribution in [2.75, 3.05) is 5.32 Å². The molecular weight excluding hydrogens is 226 g/mol. The first-order chi connectivity index (χ1) is 7.56. The highest BCUT2D eigenvalue weighted by atomic mass is 35.5. The van der Waals surface area contributed by atoms with Gasteiger partial charge in [-0.25, -0.2) is 9.97 Å². The van der Waals surface area contributed by atoms with E-state index >= 15 is 0 Å². The average molecular weight is 236 g/mol. The number of hydrogen-bond donors (Lipinski definition) is 1. The summed E-state index contributed by atoms with van der Waals surface area (Å²) < 4.78 is 0. The zero-order valence-corrected chi connectivity index (χ0v) is 9.67. The lowest BCUT2D eigenvalue weighted by Crippen LogP contribution is -2.07. The van der Waals surface area contributed by atoms with Crippen LogP contribution in [-0.4, -0.2) is 15.9 Å². The van der Waals surface area contributed by atoms with E-state index in [2.05, 4.69) is 15.3 Å². The first-order valence-electron chi connectivity index (χ1n) is 4.78. The van der Waals surface area contributed by atoms with Crippen LogP contribution in [0.15, 0.2) is 18.2 Å². The van der Waals surface area contributed by atoms with E-state index in [1.54, 1.807) is 12.1 Å². The average Bonchev–Trinajstić information content (AvgIpc) is 2.15. The number of rotatable bonds is 1. The lowest BCUT2D eigenvalue weighted by atomic mass is 10.2. The van der Waals surface area contributed by atoms with Crippen molar-refractivity contribution in [2.45, 2.75) is 13.8 Å². The molecule has 4 nitrogen and oxygen atoms in total. The summed E-state index contributed by atoms with van der Waals surface area (Å²) in [5, 5.41) is 3.93. The van der Waals surface area contributed by atoms with Crippen molar-refractivity contribution in [3.8, 4) is 0 Å². The Balaban J connectivity index is 2.57. The summed E-state index contributed by atoms with van der Waals surface area (Å²) in [5.41, 5.74) is 1.55. The molecule has 0 atom stereocenters. The fourth-order valence-corrected chi connectivity index (χ4v) is 1.72. The molecule has 0 spiro atoms. The molecule has 2 heterocycles. The molecule has 1 N–H and O–H groups in total. The minimum absolute atomic E-state index is 0.161. The highest BCUT2D eigenvalue weighted by molar-refractivity contribution is 6.29. The number of pyridine rings is 2. The maximum atomic E-state index is 10.9. The Morgan fingerprint density at radius 3 is 2.81 bits per heavy atom. The predicted octanol–water partition coefficient (Wildman–Crippen LogP) is 2.55. The van der Waals surface area contributed by atoms with E-state index in [0.29, 0.717) is 16.6 Å². The summed E-state index contributed by atoms with van der Waals surface area (Å²) in [6, 6.07) is 5.39. The molecule has 0 aliphatic carbocycles. The van der Waals surface area contributed by atoms with Gasteiger partial charge in [0, 0.05) is 12.3 Å². The molecule has 82 valence electrons. The highest BCUT2D eigenvalue weighted by Crippen LogP contribution is 2.20. The smallest absolute Gasteiger partial charge is 0.222 e. The number of nitrogens with one attached hydrogen (secondary N) is 1. The van der Waals surface area contributed by atoms with Crippen LogP contribution in [-0.2, 0) is 4.79 Å². The molecule has 0 aliphatic rings. The van der Waals surface area contributed by atoms with Gasteiger partial charge in [0.2, 0.25) is 5.91 Å². The lowest BCUT2D eigenvalue weighted by Gasteiger charge is -2.04. The molecule has 0 unspecified atom stereocenters. The van der Waals surface area contributed by atoms with Crippen LogP contribution in [0.25, 0.3) is 11.0 Å². The van der Waals surface area contributed by atoms with Gasteiger partial charge in [0.05, 0.1) is 0 Å². The fourth-order valence-electron chi connectivity index (χ4n) is 1.48. The second-order valence-electron chi connectivity index (χ2n) is 3.51. The third-order valence-electron chi connectivity index (χ3n) is 2.15. The number of hydrogen-bond acceptors (Lipinski definition) is 3. The van der Waals surface area contributed by atoms with E-state index in [9.17, 15) is 4.79 Å². The monoisotopic (exact) mass is 235 g/mol. The third kappa shape index (κ3) is 2.12. The van der Waals surface area contributed by atoms with Crippen molar-refractivity contribution in [1.29, 1.82) is 0 Å². The van der Waals surface area contributed by atoms with E-state index in [1.807, 2.05) is 13.0 Å². The fraction of sp³-hybridized carbons (Fsp3) is 0.182. The van der Waals surface area contributed by atoms with Crippen LogP contribution < -0.4 is 5.32 Å². The van der Waals surface area contributed by atoms with Crippen LogP contribution in [0.5, 0.6) is 0 Å². The van der Waals surface area contributed by atoms with E-state index < -0.39 is 0 Å². The van der Waals surface area contributed by atoms with Crippen LogP contribution in [0.3, 0.4) is 0 Å². The normalized spacial score (nSPS) is 10.4. The Kier molecular flexibility index (Phi) is 2.75. The number of amides is 1. The second-order valence-corrected chi connectivity index (χ2v) is 3.90. The molecule has 0 aromatic carbocycles. The van der Waals surface area contributed by atoms with Gasteiger partial charge in [-0.15, -0.1) is 0 Å². The summed E-state index contributed by atoms with van der Waals surface area (Å²) >= 11 is 5.84. The van der Waals surface area contributed by atoms with Gasteiger partial charge in [-0.3, -0.25) is 4.79 Å². The zero-order chi connectivity index (χ0) is 11.7. The van der Waals surface area contributed by atoms with Crippen molar-refractivity contribution in [3.05, 3.63) is 28.9 Å². The molecule has 5 heteroatoms. The van der Waals surface area contributed by atoms with Crippen LogP contribution in [0.2, 0.25) is 5.15 Å². The van der Waals surface area contributed by atoms with Gasteiger partial charge >= 0.3 is 0 Å². The van der Waals surface area contributed by atoms with Crippen LogP contribution in [0.1, 0.15) is 12.5 Å². The predicted molar refractivity (Wildman–Crippen MR) is 63.6 cm³/mol. The number of anilines is 1. The van der Waals surface area contributed by atoms with Crippen molar-refractivity contribution in [3.63, 3.8) is 0 Å². The van der Waals surface area contributed by atoms with Crippen LogP contribution in [0.4, 0.5) is 5.82 Å². The van der Waals surface area contributed by atoms with Gasteiger partial charge in [-0.2, -0.15) is 0 Å². The Morgan fingerprint density at radius 2 is 2.12 bits per heavy atom. The standard InChI is InChI=1S/C11H10ClN3O/c1-6-5-9(12)14-11-8(6)3-4-10(15-11)13-7(2)16/h3-5H,1-2H3,(H,13,14,15,16). The molecule has 0 radical (unpaired) electrons. The van der Waals surface area contributed by atoms with Gasteiger partial charge in [0.25, 0.3) is 0 Å². The number of fused-ring (bicyclic) bond motifs is 1. The SMILES string of the molecule is CC(=O)Nc1ccc2c(C)cc(Cl)nc2n1. The molecule has 16 heavy (non-hydrogen) atoms. The molecule has 0 aliphatic heterocycles. The highest BCUT2D eigenvalue weighted by Gasteiger charge is 2.04. The minimum Gasteiger partial charge on any atom is -0.311 e. The number of aromatic nitrogens is 2. The van der Waals surface area contributed by atoms with Gasteiger partial charge in [0.1, 0.15) is 11.0 Å². The summed E-state index contributed by atoms with van der Waals surface area (Å²) in [4.78, 5) is 19.2. The maximum absolute atomic E-state index is 10.9. The summed E-state index contributed by atoms with van der Waals surface area (Å²) in [5.74, 6) is 0.319. The Morgan fingerprint density at radius 1 is 1.38 bits per heavy atom. The molecule has 1 amide bonds. The zero-order valence-electron chi connectivity index (χ0n) is 8.91. The Hall–Kier alpha value is -1.68. The number of carbonyl (C=O) groups is 1. The van der Waals surface area contributed by atoms with Crippen molar-refractivity contribution in [2.24, 2.45) is 0 Å². The van der Waals surface area contributed by atoms with E-state index in [0.717, 1.165) is 10.9 Å². The van der Waals surface area contributed by atoms with Gasteiger partial charge in [0.15, 0.2) is 5.65 Å². The number of halogens is 1. The second kappa shape index (κ2) is 4.06. The first kappa shape index (κ1) is 10.8. The Labute approximate surface area is 97.7 Å². The molecule has 0 saturated carbocycles. The summed E-state index contributed by atoms with van der Waals surface area (Å²) in [7, 11) is 0. The van der Waals surface area contributed by atoms with Crippen molar-refractivity contribution < 1.29 is 4.79 Å². The molecule has 0 fully saturated rings. The van der Waals surface area contributed by atoms with E-state index in [4.69, 9.17) is 11.6 Å². The van der Waals surface area contributed by atoms with E-state index in [-0.39, 0.29) is 5.91 Å². The first-order valence-corrected chi connectivity index (χ1v) is 5.15. The molecular formula is C11H10ClN3O. The number of aryl methyl sites for hydroxylation is 1. The maximum Gasteiger partial charge on any atom is 0.222 e. The van der Waals surface area contributed by atoms with Crippen molar-refractivity contribution in [1.82, 2.24) is 9.97 Å². The van der Waals surface area contributed by atoms with Gasteiger partial charge < -0.3 is 5.32 Å². The lowest BCUT2D eigenvalue weighted by molar-refractivity contribution is -0.114. The molecule has 2 aromatic heterocycles. The largest absolute Gasteiger partial charge is 0.311 e.